The van der Waals surface area contributed by atoms with Crippen molar-refractivity contribution in [2.45, 2.75) is 54.4 Å². The van der Waals surface area contributed by atoms with Crippen molar-refractivity contribution in [3.63, 3.8) is 0 Å². The van der Waals surface area contributed by atoms with Crippen molar-refractivity contribution in [3.8, 4) is 0 Å². The van der Waals surface area contributed by atoms with E-state index in [0.717, 1.165) is 6.42 Å². The summed E-state index contributed by atoms with van der Waals surface area (Å²) in [5.41, 5.74) is 1.40. The summed E-state index contributed by atoms with van der Waals surface area (Å²) in [6, 6.07) is 10.6. The van der Waals surface area contributed by atoms with Crippen LogP contribution in [0.3, 0.4) is 0 Å². The summed E-state index contributed by atoms with van der Waals surface area (Å²) in [7, 11) is 0. The van der Waals surface area contributed by atoms with Crippen molar-refractivity contribution in [2.24, 2.45) is 0 Å². The minimum atomic E-state index is 0. The Morgan fingerprint density at radius 1 is 0.950 bits per heavy atom. The maximum atomic E-state index is 3.62. The zero-order valence-corrected chi connectivity index (χ0v) is 13.3. The van der Waals surface area contributed by atoms with Crippen LogP contribution < -0.4 is 0 Å². The van der Waals surface area contributed by atoms with Gasteiger partial charge in [-0.25, -0.2) is 0 Å². The van der Waals surface area contributed by atoms with Gasteiger partial charge in [-0.05, 0) is 17.9 Å². The van der Waals surface area contributed by atoms with Gasteiger partial charge in [0.1, 0.15) is 0 Å². The molecule has 0 heteroatoms. The summed E-state index contributed by atoms with van der Waals surface area (Å²) >= 11 is 0. The summed E-state index contributed by atoms with van der Waals surface area (Å²) in [6.07, 6.45) is 11.1. The lowest BCUT2D eigenvalue weighted by Crippen LogP contribution is -1.90. The molecule has 0 N–H and O–H groups in total. The van der Waals surface area contributed by atoms with Gasteiger partial charge in [0.15, 0.2) is 0 Å². The van der Waals surface area contributed by atoms with Crippen molar-refractivity contribution < 1.29 is 0 Å². The maximum Gasteiger partial charge on any atom is -0.0156 e. The van der Waals surface area contributed by atoms with E-state index in [1.807, 2.05) is 39.8 Å². The predicted octanol–water partition coefficient (Wildman–Crippen LogP) is 7.17. The third kappa shape index (κ3) is 12.9. The Balaban J connectivity index is -0.000000529. The highest BCUT2D eigenvalue weighted by atomic mass is 14.1. The molecule has 1 aromatic rings. The van der Waals surface area contributed by atoms with Crippen LogP contribution in [-0.4, -0.2) is 0 Å². The third-order valence-corrected chi connectivity index (χ3v) is 2.35. The molecular weight excluding hydrogens is 240 g/mol. The Morgan fingerprint density at radius 3 is 2.00 bits per heavy atom. The number of allylic oxidation sites excluding steroid dienone is 5. The van der Waals surface area contributed by atoms with Crippen LogP contribution in [0.15, 0.2) is 67.3 Å². The van der Waals surface area contributed by atoms with Gasteiger partial charge in [0.05, 0.1) is 0 Å². The molecule has 0 nitrogen and oxygen atoms in total. The van der Waals surface area contributed by atoms with E-state index < -0.39 is 0 Å². The molecule has 0 spiro atoms. The Bertz CT molecular complexity index is 330. The first-order chi connectivity index (χ1) is 9.34. The lowest BCUT2D eigenvalue weighted by Gasteiger charge is -2.07. The smallest absolute Gasteiger partial charge is 0.0156 e. The van der Waals surface area contributed by atoms with Crippen LogP contribution in [-0.2, 0) is 0 Å². The second-order valence-corrected chi connectivity index (χ2v) is 3.60. The monoisotopic (exact) mass is 274 g/mol. The molecule has 0 amide bonds. The van der Waals surface area contributed by atoms with E-state index in [0.29, 0.717) is 5.92 Å². The molecule has 0 radical (unpaired) electrons. The molecule has 0 aliphatic rings. The van der Waals surface area contributed by atoms with Gasteiger partial charge in [-0.1, -0.05) is 109 Å². The molecular formula is C20H34. The van der Waals surface area contributed by atoms with Gasteiger partial charge >= 0.3 is 0 Å². The van der Waals surface area contributed by atoms with Crippen LogP contribution in [0.1, 0.15) is 59.9 Å². The van der Waals surface area contributed by atoms with Crippen LogP contribution in [0.25, 0.3) is 0 Å². The van der Waals surface area contributed by atoms with Crippen LogP contribution in [0.5, 0.6) is 0 Å². The normalized spacial score (nSPS) is 10.7. The van der Waals surface area contributed by atoms with Gasteiger partial charge in [0, 0.05) is 0 Å². The van der Waals surface area contributed by atoms with E-state index in [4.69, 9.17) is 0 Å². The Hall–Kier alpha value is -1.56. The average Bonchev–Trinajstić information content (AvgIpc) is 2.52. The quantitative estimate of drug-likeness (QED) is 0.499. The summed E-state index contributed by atoms with van der Waals surface area (Å²) in [4.78, 5) is 0. The molecule has 1 atom stereocenters. The second kappa shape index (κ2) is 19.8. The van der Waals surface area contributed by atoms with Crippen molar-refractivity contribution in [3.05, 3.63) is 72.9 Å². The molecule has 0 aliphatic carbocycles. The summed E-state index contributed by atoms with van der Waals surface area (Å²) < 4.78 is 0. The topological polar surface area (TPSA) is 0 Å². The first kappa shape index (κ1) is 23.5. The van der Waals surface area contributed by atoms with E-state index in [2.05, 4.69) is 56.0 Å². The van der Waals surface area contributed by atoms with Crippen LogP contribution >= 0.6 is 0 Å². The second-order valence-electron chi connectivity index (χ2n) is 3.60. The molecule has 114 valence electrons. The predicted molar refractivity (Wildman–Crippen MR) is 97.4 cm³/mol. The van der Waals surface area contributed by atoms with Crippen LogP contribution in [0, 0.1) is 0 Å². The van der Waals surface area contributed by atoms with Crippen LogP contribution in [0.4, 0.5) is 0 Å². The minimum Gasteiger partial charge on any atom is -0.0991 e. The Morgan fingerprint density at radius 2 is 1.50 bits per heavy atom. The highest BCUT2D eigenvalue weighted by Gasteiger charge is 2.00. The molecule has 0 bridgehead atoms. The molecule has 1 aromatic carbocycles. The van der Waals surface area contributed by atoms with Crippen molar-refractivity contribution in [1.29, 1.82) is 0 Å². The molecule has 0 aliphatic heterocycles. The highest BCUT2D eigenvalue weighted by Crippen LogP contribution is 2.18. The van der Waals surface area contributed by atoms with Crippen molar-refractivity contribution >= 4 is 0 Å². The van der Waals surface area contributed by atoms with E-state index >= 15 is 0 Å². The average molecular weight is 274 g/mol. The maximum absolute atomic E-state index is 3.62. The largest absolute Gasteiger partial charge is 0.0991 e. The first-order valence-corrected chi connectivity index (χ1v) is 7.33. The zero-order chi connectivity index (χ0) is 14.9. The third-order valence-electron chi connectivity index (χ3n) is 2.35. The van der Waals surface area contributed by atoms with Crippen molar-refractivity contribution in [2.75, 3.05) is 0 Å². The van der Waals surface area contributed by atoms with Crippen molar-refractivity contribution in [1.82, 2.24) is 0 Å². The SMILES string of the molecule is C.C=C/C=C\C=C/CC(C)c1ccccc1.CC.CC. The van der Waals surface area contributed by atoms with Gasteiger partial charge in [0.25, 0.3) is 0 Å². The summed E-state index contributed by atoms with van der Waals surface area (Å²) in [6.45, 7) is 13.9. The lowest BCUT2D eigenvalue weighted by atomic mass is 9.98. The molecule has 1 rings (SSSR count). The fraction of sp³-hybridized carbons (Fsp3) is 0.400. The number of rotatable bonds is 5. The molecule has 0 aromatic heterocycles. The highest BCUT2D eigenvalue weighted by molar-refractivity contribution is 5.20. The molecule has 0 saturated carbocycles. The number of hydrogen-bond donors (Lipinski definition) is 0. The lowest BCUT2D eigenvalue weighted by molar-refractivity contribution is 0.781. The zero-order valence-electron chi connectivity index (χ0n) is 13.3. The molecule has 0 saturated heterocycles. The fourth-order valence-electron chi connectivity index (χ4n) is 1.42. The Kier molecular flexibility index (Phi) is 23.3. The molecule has 1 unspecified atom stereocenters. The van der Waals surface area contributed by atoms with Gasteiger partial charge in [-0.2, -0.15) is 0 Å². The molecule has 20 heavy (non-hydrogen) atoms. The first-order valence-electron chi connectivity index (χ1n) is 7.33. The van der Waals surface area contributed by atoms with Crippen LogP contribution in [0.2, 0.25) is 0 Å². The van der Waals surface area contributed by atoms with E-state index in [9.17, 15) is 0 Å². The van der Waals surface area contributed by atoms with Gasteiger partial charge in [0.2, 0.25) is 0 Å². The van der Waals surface area contributed by atoms with Gasteiger partial charge in [-0.15, -0.1) is 0 Å². The van der Waals surface area contributed by atoms with E-state index in [1.54, 1.807) is 6.08 Å². The number of benzene rings is 1. The fourth-order valence-corrected chi connectivity index (χ4v) is 1.42. The number of hydrogen-bond acceptors (Lipinski definition) is 0. The standard InChI is InChI=1S/C15H18.2C2H6.CH4/c1-3-4-5-6-8-11-14(2)15-12-9-7-10-13-15;2*1-2;/h3-10,12-14H,1,11H2,2H3;2*1-2H3;1H4/b5-4-,8-6-;;;. The molecule has 0 fully saturated rings. The van der Waals surface area contributed by atoms with E-state index in [-0.39, 0.29) is 7.43 Å². The summed E-state index contributed by atoms with van der Waals surface area (Å²) in [5, 5.41) is 0. The van der Waals surface area contributed by atoms with Gasteiger partial charge < -0.3 is 0 Å². The minimum absolute atomic E-state index is 0. The summed E-state index contributed by atoms with van der Waals surface area (Å²) in [5.74, 6) is 0.583. The van der Waals surface area contributed by atoms with Gasteiger partial charge in [-0.3, -0.25) is 0 Å². The van der Waals surface area contributed by atoms with E-state index in [1.165, 1.54) is 5.56 Å². The Labute approximate surface area is 127 Å². The molecule has 0 heterocycles.